The average Bonchev–Trinajstić information content (AvgIpc) is 2.83. The van der Waals surface area contributed by atoms with Crippen molar-refractivity contribution in [3.8, 4) is 0 Å². The molecule has 1 saturated heterocycles. The van der Waals surface area contributed by atoms with Crippen LogP contribution in [0.3, 0.4) is 0 Å². The molecule has 1 aromatic carbocycles. The molecule has 5 heteroatoms. The minimum Gasteiger partial charge on any atom is -0.368 e. The van der Waals surface area contributed by atoms with Crippen LogP contribution in [-0.4, -0.2) is 18.6 Å². The van der Waals surface area contributed by atoms with Gasteiger partial charge < -0.3 is 10.1 Å². The summed E-state index contributed by atoms with van der Waals surface area (Å²) < 4.78 is 5.25. The molecule has 84 valence electrons. The normalized spacial score (nSPS) is 19.4. The zero-order valence-electron chi connectivity index (χ0n) is 8.68. The Morgan fingerprint density at radius 3 is 3.06 bits per heavy atom. The van der Waals surface area contributed by atoms with E-state index in [9.17, 15) is 9.70 Å². The number of nitrogens with zero attached hydrogens (tertiary/aromatic N) is 1. The van der Waals surface area contributed by atoms with Crippen LogP contribution >= 0.6 is 0 Å². The second-order valence-corrected chi connectivity index (χ2v) is 3.63. The summed E-state index contributed by atoms with van der Waals surface area (Å²) in [5.74, 6) is -0.166. The molecular weight excluding hydrogens is 208 g/mol. The van der Waals surface area contributed by atoms with Crippen molar-refractivity contribution in [1.82, 2.24) is 0 Å². The summed E-state index contributed by atoms with van der Waals surface area (Å²) in [7, 11) is 0. The first kappa shape index (κ1) is 10.8. The highest BCUT2D eigenvalue weighted by Gasteiger charge is 2.23. The monoisotopic (exact) mass is 220 g/mol. The molecule has 0 aromatic heterocycles. The van der Waals surface area contributed by atoms with E-state index in [1.54, 1.807) is 18.2 Å². The first-order chi connectivity index (χ1) is 7.79. The van der Waals surface area contributed by atoms with Crippen molar-refractivity contribution in [3.05, 3.63) is 29.2 Å². The molecule has 0 radical (unpaired) electrons. The number of amides is 1. The van der Waals surface area contributed by atoms with Gasteiger partial charge in [-0.25, -0.2) is 0 Å². The molecule has 0 spiro atoms. The van der Waals surface area contributed by atoms with Crippen LogP contribution in [0.4, 0.5) is 11.4 Å². The third-order valence-electron chi connectivity index (χ3n) is 2.44. The lowest BCUT2D eigenvalue weighted by Crippen LogP contribution is -2.26. The molecule has 0 bridgehead atoms. The minimum absolute atomic E-state index is 0.166. The van der Waals surface area contributed by atoms with E-state index in [-0.39, 0.29) is 12.0 Å². The van der Waals surface area contributed by atoms with Crippen molar-refractivity contribution in [2.24, 2.45) is 5.18 Å². The van der Waals surface area contributed by atoms with Gasteiger partial charge in [0.2, 0.25) is 0 Å². The van der Waals surface area contributed by atoms with Crippen LogP contribution in [0.2, 0.25) is 0 Å². The van der Waals surface area contributed by atoms with E-state index in [4.69, 9.17) is 4.74 Å². The standard InChI is InChI=1S/C11H12N2O3/c14-11(10-5-2-6-16-10)12-8-3-1-4-9(7-8)13-15/h1,3-4,7,10H,2,5-6H2,(H,12,14). The third kappa shape index (κ3) is 2.43. The van der Waals surface area contributed by atoms with Gasteiger partial charge >= 0.3 is 0 Å². The number of hydrogen-bond acceptors (Lipinski definition) is 4. The van der Waals surface area contributed by atoms with E-state index in [1.807, 2.05) is 0 Å². The highest BCUT2D eigenvalue weighted by molar-refractivity contribution is 5.94. The van der Waals surface area contributed by atoms with Crippen molar-refractivity contribution in [1.29, 1.82) is 0 Å². The smallest absolute Gasteiger partial charge is 0.253 e. The van der Waals surface area contributed by atoms with Crippen LogP contribution in [0.25, 0.3) is 0 Å². The predicted molar refractivity (Wildman–Crippen MR) is 59.5 cm³/mol. The molecule has 1 heterocycles. The summed E-state index contributed by atoms with van der Waals surface area (Å²) in [6, 6.07) is 6.48. The van der Waals surface area contributed by atoms with Gasteiger partial charge in [0.15, 0.2) is 0 Å². The zero-order valence-corrected chi connectivity index (χ0v) is 8.68. The van der Waals surface area contributed by atoms with Gasteiger partial charge in [-0.05, 0) is 36.2 Å². The van der Waals surface area contributed by atoms with Crippen LogP contribution in [0.1, 0.15) is 12.8 Å². The van der Waals surface area contributed by atoms with E-state index in [0.29, 0.717) is 18.0 Å². The summed E-state index contributed by atoms with van der Waals surface area (Å²) in [5, 5.41) is 5.50. The molecule has 1 amide bonds. The molecule has 0 aliphatic carbocycles. The van der Waals surface area contributed by atoms with Crippen molar-refractivity contribution in [2.45, 2.75) is 18.9 Å². The predicted octanol–water partition coefficient (Wildman–Crippen LogP) is 2.20. The zero-order chi connectivity index (χ0) is 11.4. The largest absolute Gasteiger partial charge is 0.368 e. The lowest BCUT2D eigenvalue weighted by Gasteiger charge is -2.10. The number of benzene rings is 1. The van der Waals surface area contributed by atoms with Gasteiger partial charge in [-0.15, -0.1) is 4.91 Å². The van der Waals surface area contributed by atoms with Gasteiger partial charge in [0.25, 0.3) is 5.91 Å². The molecule has 1 aromatic rings. The highest BCUT2D eigenvalue weighted by atomic mass is 16.5. The van der Waals surface area contributed by atoms with E-state index in [0.717, 1.165) is 12.8 Å². The molecule has 16 heavy (non-hydrogen) atoms. The Labute approximate surface area is 92.8 Å². The van der Waals surface area contributed by atoms with E-state index < -0.39 is 0 Å². The Hall–Kier alpha value is -1.75. The number of rotatable bonds is 3. The quantitative estimate of drug-likeness (QED) is 0.794. The van der Waals surface area contributed by atoms with E-state index >= 15 is 0 Å². The van der Waals surface area contributed by atoms with Crippen molar-refractivity contribution >= 4 is 17.3 Å². The second kappa shape index (κ2) is 4.85. The van der Waals surface area contributed by atoms with Gasteiger partial charge in [0, 0.05) is 12.3 Å². The maximum atomic E-state index is 11.7. The van der Waals surface area contributed by atoms with Crippen molar-refractivity contribution in [3.63, 3.8) is 0 Å². The molecule has 0 saturated carbocycles. The fraction of sp³-hybridized carbons (Fsp3) is 0.364. The van der Waals surface area contributed by atoms with Crippen LogP contribution in [0.15, 0.2) is 29.4 Å². The molecule has 2 rings (SSSR count). The number of carbonyl (C=O) groups excluding carboxylic acids is 1. The maximum absolute atomic E-state index is 11.7. The number of hydrogen-bond donors (Lipinski definition) is 1. The maximum Gasteiger partial charge on any atom is 0.253 e. The number of anilines is 1. The lowest BCUT2D eigenvalue weighted by molar-refractivity contribution is -0.124. The second-order valence-electron chi connectivity index (χ2n) is 3.63. The Kier molecular flexibility index (Phi) is 3.26. The molecule has 5 nitrogen and oxygen atoms in total. The highest BCUT2D eigenvalue weighted by Crippen LogP contribution is 2.19. The third-order valence-corrected chi connectivity index (χ3v) is 2.44. The molecule has 1 N–H and O–H groups in total. The summed E-state index contributed by atoms with van der Waals surface area (Å²) in [6.07, 6.45) is 1.29. The van der Waals surface area contributed by atoms with E-state index in [2.05, 4.69) is 10.5 Å². The molecule has 1 unspecified atom stereocenters. The van der Waals surface area contributed by atoms with Gasteiger partial charge in [0.1, 0.15) is 11.8 Å². The van der Waals surface area contributed by atoms with Crippen LogP contribution in [0.5, 0.6) is 0 Å². The van der Waals surface area contributed by atoms with Gasteiger partial charge in [-0.2, -0.15) is 0 Å². The summed E-state index contributed by atoms with van der Waals surface area (Å²) in [5.41, 5.74) is 0.864. The summed E-state index contributed by atoms with van der Waals surface area (Å²) in [6.45, 7) is 0.633. The van der Waals surface area contributed by atoms with Crippen LogP contribution in [0, 0.1) is 4.91 Å². The van der Waals surface area contributed by atoms with Gasteiger partial charge in [0.05, 0.1) is 0 Å². The molecule has 1 aliphatic heterocycles. The Balaban J connectivity index is 2.02. The number of ether oxygens (including phenoxy) is 1. The van der Waals surface area contributed by atoms with Crippen LogP contribution < -0.4 is 5.32 Å². The number of carbonyl (C=O) groups is 1. The Bertz CT molecular complexity index is 400. The van der Waals surface area contributed by atoms with Crippen molar-refractivity contribution < 1.29 is 9.53 Å². The van der Waals surface area contributed by atoms with Crippen molar-refractivity contribution in [2.75, 3.05) is 11.9 Å². The summed E-state index contributed by atoms with van der Waals surface area (Å²) >= 11 is 0. The minimum atomic E-state index is -0.368. The topological polar surface area (TPSA) is 67.8 Å². The Morgan fingerprint density at radius 1 is 1.50 bits per heavy atom. The molecule has 1 aliphatic rings. The molecule has 1 fully saturated rings. The fourth-order valence-corrected chi connectivity index (χ4v) is 1.65. The fourth-order valence-electron chi connectivity index (χ4n) is 1.65. The first-order valence-electron chi connectivity index (χ1n) is 5.15. The Morgan fingerprint density at radius 2 is 2.38 bits per heavy atom. The SMILES string of the molecule is O=Nc1cccc(NC(=O)C2CCCO2)c1. The van der Waals surface area contributed by atoms with E-state index in [1.165, 1.54) is 6.07 Å². The number of nitrogens with one attached hydrogen (secondary N) is 1. The van der Waals surface area contributed by atoms with Gasteiger partial charge in [-0.3, -0.25) is 4.79 Å². The molecular formula is C11H12N2O3. The number of nitroso groups, excluding NO2 is 1. The van der Waals surface area contributed by atoms with Gasteiger partial charge in [-0.1, -0.05) is 6.07 Å². The average molecular weight is 220 g/mol. The van der Waals surface area contributed by atoms with Crippen LogP contribution in [-0.2, 0) is 9.53 Å². The first-order valence-corrected chi connectivity index (χ1v) is 5.15. The molecule has 1 atom stereocenters. The summed E-state index contributed by atoms with van der Waals surface area (Å²) in [4.78, 5) is 22.0. The lowest BCUT2D eigenvalue weighted by atomic mass is 10.2.